The summed E-state index contributed by atoms with van der Waals surface area (Å²) >= 11 is 6.24. The topological polar surface area (TPSA) is 129 Å². The molecule has 0 unspecified atom stereocenters. The van der Waals surface area contributed by atoms with Crippen LogP contribution in [0.3, 0.4) is 0 Å². The number of hydrogen-bond donors (Lipinski definition) is 0. The summed E-state index contributed by atoms with van der Waals surface area (Å²) in [6, 6.07) is 5.49. The lowest BCUT2D eigenvalue weighted by atomic mass is 9.60. The Kier molecular flexibility index (Phi) is 6.83. The maximum absolute atomic E-state index is 14.4. The third kappa shape index (κ3) is 4.67. The number of Topliss-reactive ketones (excluding diaryl/α,β-unsaturated/α-hetero) is 1. The lowest BCUT2D eigenvalue weighted by molar-refractivity contribution is 0.0739. The van der Waals surface area contributed by atoms with Crippen LogP contribution < -0.4 is 0 Å². The van der Waals surface area contributed by atoms with Crippen LogP contribution in [0.4, 0.5) is 4.39 Å². The van der Waals surface area contributed by atoms with E-state index in [1.54, 1.807) is 37.0 Å². The number of nitrogens with zero attached hydrogens (tertiary/aromatic N) is 8. The van der Waals surface area contributed by atoms with Crippen molar-refractivity contribution in [2.45, 2.75) is 43.8 Å². The number of rotatable bonds is 7. The van der Waals surface area contributed by atoms with E-state index in [1.165, 1.54) is 39.8 Å². The number of carbonyl (C=O) groups is 1. The molecule has 0 aliphatic heterocycles. The number of halogens is 2. The second-order valence-corrected chi connectivity index (χ2v) is 12.4. The van der Waals surface area contributed by atoms with Crippen LogP contribution in [0.2, 0.25) is 5.02 Å². The normalized spacial score (nSPS) is 20.4. The Labute approximate surface area is 240 Å². The molecule has 0 saturated heterocycles. The van der Waals surface area contributed by atoms with Crippen molar-refractivity contribution in [3.05, 3.63) is 82.7 Å². The fraction of sp³-hybridized carbons (Fsp3) is 0.333. The van der Waals surface area contributed by atoms with Gasteiger partial charge in [-0.25, -0.2) is 23.1 Å². The first-order valence-corrected chi connectivity index (χ1v) is 14.9. The highest BCUT2D eigenvalue weighted by atomic mass is 35.5. The van der Waals surface area contributed by atoms with Gasteiger partial charge in [0, 0.05) is 30.9 Å². The standard InChI is InChI=1S/C27H26ClFN8O3S/c1-3-36(41(39,40)26-32-16-35(2)34-26)20-5-4-18-10-23-17(14-33-37(23)21-6-7-24(29)31-15-21)12-27(18,13-20)25(38)22-11-19(28)8-9-30-22/h6-11,14-16,20H,3-5,12-13H2,1-2H3/t20-,27-/m0/s1. The minimum Gasteiger partial charge on any atom is -0.291 e. The van der Waals surface area contributed by atoms with Crippen molar-refractivity contribution in [2.75, 3.05) is 6.54 Å². The first-order valence-electron chi connectivity index (χ1n) is 13.1. The maximum Gasteiger partial charge on any atom is 0.282 e. The highest BCUT2D eigenvalue weighted by Crippen LogP contribution is 2.51. The van der Waals surface area contributed by atoms with Gasteiger partial charge >= 0.3 is 0 Å². The van der Waals surface area contributed by atoms with Gasteiger partial charge < -0.3 is 0 Å². The van der Waals surface area contributed by atoms with E-state index in [1.807, 2.05) is 6.08 Å². The molecule has 4 aromatic rings. The highest BCUT2D eigenvalue weighted by molar-refractivity contribution is 7.89. The van der Waals surface area contributed by atoms with Crippen LogP contribution in [-0.2, 0) is 23.5 Å². The zero-order chi connectivity index (χ0) is 28.9. The minimum absolute atomic E-state index is 0.185. The predicted molar refractivity (Wildman–Crippen MR) is 147 cm³/mol. The van der Waals surface area contributed by atoms with Gasteiger partial charge in [-0.05, 0) is 61.6 Å². The molecular formula is C27H26ClFN8O3S. The first-order chi connectivity index (χ1) is 19.6. The molecule has 0 bridgehead atoms. The molecule has 11 nitrogen and oxygen atoms in total. The summed E-state index contributed by atoms with van der Waals surface area (Å²) < 4.78 is 45.1. The molecule has 2 aliphatic carbocycles. The Morgan fingerprint density at radius 3 is 2.73 bits per heavy atom. The number of aromatic nitrogens is 7. The largest absolute Gasteiger partial charge is 0.291 e. The van der Waals surface area contributed by atoms with Gasteiger partial charge in [-0.2, -0.15) is 13.8 Å². The molecule has 0 radical (unpaired) electrons. The van der Waals surface area contributed by atoms with Gasteiger partial charge in [-0.3, -0.25) is 14.5 Å². The smallest absolute Gasteiger partial charge is 0.282 e. The summed E-state index contributed by atoms with van der Waals surface area (Å²) in [5.74, 6) is -0.830. The van der Waals surface area contributed by atoms with Crippen molar-refractivity contribution in [1.82, 2.24) is 38.8 Å². The zero-order valence-corrected chi connectivity index (χ0v) is 23.8. The fourth-order valence-corrected chi connectivity index (χ4v) is 7.66. The van der Waals surface area contributed by atoms with Gasteiger partial charge in [-0.15, -0.1) is 5.10 Å². The Balaban J connectivity index is 1.44. The zero-order valence-electron chi connectivity index (χ0n) is 22.3. The molecule has 0 N–H and O–H groups in total. The van der Waals surface area contributed by atoms with Crippen molar-refractivity contribution in [3.8, 4) is 5.69 Å². The van der Waals surface area contributed by atoms with Crippen LogP contribution >= 0.6 is 11.6 Å². The van der Waals surface area contributed by atoms with Crippen LogP contribution in [0.1, 0.15) is 47.9 Å². The van der Waals surface area contributed by atoms with Crippen molar-refractivity contribution < 1.29 is 17.6 Å². The van der Waals surface area contributed by atoms with E-state index >= 15 is 0 Å². The monoisotopic (exact) mass is 596 g/mol. The number of ketones is 1. The molecule has 212 valence electrons. The lowest BCUT2D eigenvalue weighted by Gasteiger charge is -2.46. The molecule has 0 amide bonds. The molecule has 1 fully saturated rings. The molecule has 14 heteroatoms. The second-order valence-electron chi connectivity index (χ2n) is 10.2. The van der Waals surface area contributed by atoms with Gasteiger partial charge in [0.15, 0.2) is 5.78 Å². The van der Waals surface area contributed by atoms with Crippen molar-refractivity contribution in [1.29, 1.82) is 0 Å². The van der Waals surface area contributed by atoms with Crippen LogP contribution in [0.25, 0.3) is 11.8 Å². The molecule has 4 aromatic heterocycles. The molecule has 4 heterocycles. The SMILES string of the molecule is CCN([C@H]1CCC2=Cc3c(cnn3-c3ccc(F)nc3)C[C@]2(C(=O)c2cc(Cl)ccn2)C1)S(=O)(=O)c1ncn(C)n1. The van der Waals surface area contributed by atoms with Crippen molar-refractivity contribution >= 4 is 33.5 Å². The number of hydrogen-bond acceptors (Lipinski definition) is 8. The summed E-state index contributed by atoms with van der Waals surface area (Å²) in [7, 11) is -2.41. The molecule has 6 rings (SSSR count). The van der Waals surface area contributed by atoms with E-state index in [-0.39, 0.29) is 36.0 Å². The molecular weight excluding hydrogens is 571 g/mol. The minimum atomic E-state index is -4.02. The number of sulfonamides is 1. The van der Waals surface area contributed by atoms with Crippen LogP contribution in [0.15, 0.2) is 59.9 Å². The van der Waals surface area contributed by atoms with Crippen molar-refractivity contribution in [2.24, 2.45) is 12.5 Å². The van der Waals surface area contributed by atoms with E-state index in [0.717, 1.165) is 16.8 Å². The Morgan fingerprint density at radius 2 is 2.05 bits per heavy atom. The number of pyridine rings is 2. The lowest BCUT2D eigenvalue weighted by Crippen LogP contribution is -2.50. The van der Waals surface area contributed by atoms with Gasteiger partial charge in [0.25, 0.3) is 15.2 Å². The Bertz CT molecular complexity index is 1790. The molecule has 0 aromatic carbocycles. The molecule has 2 aliphatic rings. The molecule has 2 atom stereocenters. The summed E-state index contributed by atoms with van der Waals surface area (Å²) in [5.41, 5.74) is 2.13. The fourth-order valence-electron chi connectivity index (χ4n) is 5.97. The average molecular weight is 597 g/mol. The van der Waals surface area contributed by atoms with Crippen LogP contribution in [0, 0.1) is 11.4 Å². The quantitative estimate of drug-likeness (QED) is 0.233. The van der Waals surface area contributed by atoms with Gasteiger partial charge in [0.05, 0.1) is 29.2 Å². The number of aryl methyl sites for hydroxylation is 1. The van der Waals surface area contributed by atoms with Crippen LogP contribution in [-0.4, -0.2) is 65.6 Å². The number of fused-ring (bicyclic) bond motifs is 2. The highest BCUT2D eigenvalue weighted by Gasteiger charge is 2.51. The van der Waals surface area contributed by atoms with E-state index in [9.17, 15) is 17.6 Å². The number of carbonyl (C=O) groups excluding carboxylic acids is 1. The third-order valence-corrected chi connectivity index (χ3v) is 9.88. The van der Waals surface area contributed by atoms with Gasteiger partial charge in [-0.1, -0.05) is 24.1 Å². The van der Waals surface area contributed by atoms with Crippen LogP contribution in [0.5, 0.6) is 0 Å². The van der Waals surface area contributed by atoms with Gasteiger partial charge in [0.1, 0.15) is 12.0 Å². The second kappa shape index (κ2) is 10.2. The summed E-state index contributed by atoms with van der Waals surface area (Å²) in [4.78, 5) is 26.4. The summed E-state index contributed by atoms with van der Waals surface area (Å²) in [5, 5.41) is 8.66. The van der Waals surface area contributed by atoms with E-state index in [2.05, 4.69) is 25.1 Å². The summed E-state index contributed by atoms with van der Waals surface area (Å²) in [6.45, 7) is 1.95. The average Bonchev–Trinajstić information content (AvgIpc) is 3.58. The third-order valence-electron chi connectivity index (χ3n) is 7.82. The van der Waals surface area contributed by atoms with E-state index in [0.29, 0.717) is 23.6 Å². The number of allylic oxidation sites excluding steroid dienone is 1. The van der Waals surface area contributed by atoms with Gasteiger partial charge in [0.2, 0.25) is 5.95 Å². The van der Waals surface area contributed by atoms with E-state index < -0.39 is 27.4 Å². The predicted octanol–water partition coefficient (Wildman–Crippen LogP) is 3.66. The van der Waals surface area contributed by atoms with Crippen molar-refractivity contribution in [3.63, 3.8) is 0 Å². The summed E-state index contributed by atoms with van der Waals surface area (Å²) in [6.07, 6.45) is 9.32. The Morgan fingerprint density at radius 1 is 1.22 bits per heavy atom. The first kappa shape index (κ1) is 27.4. The van der Waals surface area contributed by atoms with E-state index in [4.69, 9.17) is 11.6 Å². The molecule has 41 heavy (non-hydrogen) atoms. The molecule has 0 spiro atoms. The maximum atomic E-state index is 14.4. The molecule has 1 saturated carbocycles. The Hall–Kier alpha value is -3.81.